The number of carbonyl (C=O) groups excluding carboxylic acids is 1. The van der Waals surface area contributed by atoms with Crippen molar-refractivity contribution >= 4 is 6.29 Å². The molecule has 98 valence electrons. The van der Waals surface area contributed by atoms with Gasteiger partial charge < -0.3 is 9.90 Å². The van der Waals surface area contributed by atoms with Gasteiger partial charge in [-0.3, -0.25) is 0 Å². The first kappa shape index (κ1) is 12.2. The maximum Gasteiger partial charge on any atom is 0.131 e. The highest BCUT2D eigenvalue weighted by atomic mass is 19.1. The summed E-state index contributed by atoms with van der Waals surface area (Å²) in [5.74, 6) is -0.0392. The Hall–Kier alpha value is -1.90. The minimum absolute atomic E-state index is 0.160. The minimum atomic E-state index is -0.593. The maximum atomic E-state index is 13.0. The summed E-state index contributed by atoms with van der Waals surface area (Å²) in [4.78, 5) is 11.7. The van der Waals surface area contributed by atoms with Crippen LogP contribution in [0.2, 0.25) is 0 Å². The fourth-order valence-corrected chi connectivity index (χ4v) is 2.94. The summed E-state index contributed by atoms with van der Waals surface area (Å²) < 4.78 is 13.0. The van der Waals surface area contributed by atoms with Crippen LogP contribution in [0.15, 0.2) is 48.3 Å². The lowest BCUT2D eigenvalue weighted by atomic mass is 9.67. The molecule has 0 aliphatic heterocycles. The molecular formula is C16H15FO2. The molecule has 0 saturated heterocycles. The van der Waals surface area contributed by atoms with Crippen molar-refractivity contribution in [3.63, 3.8) is 0 Å². The van der Waals surface area contributed by atoms with Crippen LogP contribution in [0.3, 0.4) is 0 Å². The maximum absolute atomic E-state index is 13.0. The number of allylic oxidation sites excluding steroid dienone is 3. The first-order chi connectivity index (χ1) is 9.15. The molecule has 0 amide bonds. The zero-order chi connectivity index (χ0) is 13.5. The molecule has 0 heterocycles. The number of aldehydes is 1. The van der Waals surface area contributed by atoms with Gasteiger partial charge in [-0.15, -0.1) is 0 Å². The van der Waals surface area contributed by atoms with Crippen molar-refractivity contribution in [1.29, 1.82) is 0 Å². The quantitative estimate of drug-likeness (QED) is 0.842. The number of halogens is 1. The van der Waals surface area contributed by atoms with Crippen molar-refractivity contribution in [3.8, 4) is 0 Å². The second kappa shape index (κ2) is 4.34. The van der Waals surface area contributed by atoms with E-state index in [0.717, 1.165) is 24.7 Å². The molecule has 1 N–H and O–H groups in total. The van der Waals surface area contributed by atoms with Crippen molar-refractivity contribution in [3.05, 3.63) is 59.6 Å². The first-order valence-electron chi connectivity index (χ1n) is 6.47. The number of carbonyl (C=O) groups is 1. The summed E-state index contributed by atoms with van der Waals surface area (Å²) >= 11 is 0. The monoisotopic (exact) mass is 258 g/mol. The molecule has 3 rings (SSSR count). The molecule has 0 spiro atoms. The summed E-state index contributed by atoms with van der Waals surface area (Å²) in [7, 11) is 0. The van der Waals surface area contributed by atoms with E-state index in [-0.39, 0.29) is 17.5 Å². The molecule has 2 aliphatic carbocycles. The lowest BCUT2D eigenvalue weighted by molar-refractivity contribution is -0.115. The third-order valence-corrected chi connectivity index (χ3v) is 4.14. The summed E-state index contributed by atoms with van der Waals surface area (Å²) in [6.45, 7) is 0. The first-order valence-corrected chi connectivity index (χ1v) is 6.47. The van der Waals surface area contributed by atoms with Gasteiger partial charge in [0.25, 0.3) is 0 Å². The van der Waals surface area contributed by atoms with Gasteiger partial charge in [0, 0.05) is 5.92 Å². The van der Waals surface area contributed by atoms with Crippen molar-refractivity contribution in [1.82, 2.24) is 0 Å². The van der Waals surface area contributed by atoms with Crippen LogP contribution in [0.5, 0.6) is 0 Å². The zero-order valence-corrected chi connectivity index (χ0v) is 10.4. The van der Waals surface area contributed by atoms with Gasteiger partial charge in [0.15, 0.2) is 0 Å². The van der Waals surface area contributed by atoms with E-state index >= 15 is 0 Å². The lowest BCUT2D eigenvalue weighted by Crippen LogP contribution is -2.32. The van der Waals surface area contributed by atoms with Gasteiger partial charge in [-0.25, -0.2) is 4.39 Å². The molecule has 2 atom stereocenters. The fourth-order valence-electron chi connectivity index (χ4n) is 2.94. The molecule has 2 nitrogen and oxygen atoms in total. The molecule has 2 aliphatic rings. The van der Waals surface area contributed by atoms with E-state index in [9.17, 15) is 14.3 Å². The normalized spacial score (nSPS) is 29.9. The number of hydrogen-bond donors (Lipinski definition) is 1. The molecule has 1 fully saturated rings. The molecular weight excluding hydrogens is 243 g/mol. The van der Waals surface area contributed by atoms with Crippen molar-refractivity contribution in [2.75, 3.05) is 0 Å². The lowest BCUT2D eigenvalue weighted by Gasteiger charge is -2.34. The molecule has 3 heteroatoms. The van der Waals surface area contributed by atoms with Crippen LogP contribution in [-0.2, 0) is 4.79 Å². The Bertz CT molecular complexity index is 555. The van der Waals surface area contributed by atoms with Gasteiger partial charge in [-0.2, -0.15) is 0 Å². The summed E-state index contributed by atoms with van der Waals surface area (Å²) in [5, 5.41) is 9.71. The van der Waals surface area contributed by atoms with Gasteiger partial charge in [0.05, 0.1) is 5.41 Å². The molecule has 19 heavy (non-hydrogen) atoms. The van der Waals surface area contributed by atoms with Crippen LogP contribution in [0.1, 0.15) is 24.3 Å². The average molecular weight is 258 g/mol. The third kappa shape index (κ3) is 1.99. The predicted octanol–water partition coefficient (Wildman–Crippen LogP) is 3.52. The summed E-state index contributed by atoms with van der Waals surface area (Å²) in [5.41, 5.74) is 0.264. The highest BCUT2D eigenvalue weighted by Gasteiger charge is 2.49. The van der Waals surface area contributed by atoms with E-state index in [2.05, 4.69) is 0 Å². The van der Waals surface area contributed by atoms with Crippen LogP contribution in [0.4, 0.5) is 4.39 Å². The largest absolute Gasteiger partial charge is 0.508 e. The predicted molar refractivity (Wildman–Crippen MR) is 70.2 cm³/mol. The topological polar surface area (TPSA) is 37.3 Å². The van der Waals surface area contributed by atoms with Gasteiger partial charge in [-0.1, -0.05) is 18.2 Å². The van der Waals surface area contributed by atoms with E-state index in [1.807, 2.05) is 0 Å². The van der Waals surface area contributed by atoms with Crippen molar-refractivity contribution in [2.24, 2.45) is 11.3 Å². The van der Waals surface area contributed by atoms with Crippen molar-refractivity contribution in [2.45, 2.75) is 18.8 Å². The SMILES string of the molecule is O=CC1(C2CC2)C=CC(O)=CC1c1ccc(F)cc1. The number of aliphatic hydroxyl groups is 1. The zero-order valence-electron chi connectivity index (χ0n) is 10.4. The second-order valence-corrected chi connectivity index (χ2v) is 5.35. The van der Waals surface area contributed by atoms with Crippen LogP contribution in [0.25, 0.3) is 0 Å². The average Bonchev–Trinajstić information content (AvgIpc) is 3.25. The number of benzene rings is 1. The molecule has 0 bridgehead atoms. The van der Waals surface area contributed by atoms with E-state index in [1.54, 1.807) is 30.4 Å². The Kier molecular flexibility index (Phi) is 2.77. The highest BCUT2D eigenvalue weighted by molar-refractivity contribution is 5.69. The van der Waals surface area contributed by atoms with Crippen LogP contribution in [-0.4, -0.2) is 11.4 Å². The fraction of sp³-hybridized carbons (Fsp3) is 0.312. The molecule has 1 aromatic carbocycles. The van der Waals surface area contributed by atoms with Crippen LogP contribution < -0.4 is 0 Å². The number of rotatable bonds is 3. The van der Waals surface area contributed by atoms with Crippen LogP contribution >= 0.6 is 0 Å². The van der Waals surface area contributed by atoms with Gasteiger partial charge >= 0.3 is 0 Å². The van der Waals surface area contributed by atoms with E-state index in [4.69, 9.17) is 0 Å². The van der Waals surface area contributed by atoms with E-state index < -0.39 is 5.41 Å². The standard InChI is InChI=1S/C16H15FO2/c17-13-5-1-11(2-6-13)15-9-14(19)7-8-16(15,10-18)12-3-4-12/h1-2,5-10,12,15,19H,3-4H2. The number of hydrogen-bond acceptors (Lipinski definition) is 2. The molecule has 2 unspecified atom stereocenters. The highest BCUT2D eigenvalue weighted by Crippen LogP contribution is 2.55. The molecule has 1 aromatic rings. The van der Waals surface area contributed by atoms with Crippen molar-refractivity contribution < 1.29 is 14.3 Å². The molecule has 1 saturated carbocycles. The van der Waals surface area contributed by atoms with Crippen LogP contribution in [0, 0.1) is 17.2 Å². The Labute approximate surface area is 111 Å². The second-order valence-electron chi connectivity index (χ2n) is 5.35. The van der Waals surface area contributed by atoms with Gasteiger partial charge in [0.2, 0.25) is 0 Å². The number of aliphatic hydroxyl groups excluding tert-OH is 1. The Morgan fingerprint density at radius 3 is 2.53 bits per heavy atom. The third-order valence-electron chi connectivity index (χ3n) is 4.14. The van der Waals surface area contributed by atoms with Gasteiger partial charge in [-0.05, 0) is 48.6 Å². The Morgan fingerprint density at radius 2 is 1.95 bits per heavy atom. The Morgan fingerprint density at radius 1 is 1.26 bits per heavy atom. The van der Waals surface area contributed by atoms with E-state index in [1.165, 1.54) is 12.1 Å². The summed E-state index contributed by atoms with van der Waals surface area (Å²) in [6.07, 6.45) is 8.12. The molecule has 0 aromatic heterocycles. The summed E-state index contributed by atoms with van der Waals surface area (Å²) in [6, 6.07) is 6.15. The van der Waals surface area contributed by atoms with E-state index in [0.29, 0.717) is 5.92 Å². The molecule has 0 radical (unpaired) electrons. The smallest absolute Gasteiger partial charge is 0.131 e. The Balaban J connectivity index is 2.06. The minimum Gasteiger partial charge on any atom is -0.508 e. The van der Waals surface area contributed by atoms with Gasteiger partial charge in [0.1, 0.15) is 17.9 Å².